The summed E-state index contributed by atoms with van der Waals surface area (Å²) >= 11 is 6.14. The molecule has 0 aliphatic carbocycles. The summed E-state index contributed by atoms with van der Waals surface area (Å²) in [6.07, 6.45) is 5.08. The molecule has 0 atom stereocenters. The van der Waals surface area contributed by atoms with Crippen molar-refractivity contribution in [1.29, 1.82) is 0 Å². The lowest BCUT2D eigenvalue weighted by Crippen LogP contribution is -2.36. The third-order valence-electron chi connectivity index (χ3n) is 6.50. The highest BCUT2D eigenvalue weighted by molar-refractivity contribution is 6.30. The van der Waals surface area contributed by atoms with Crippen LogP contribution < -0.4 is 0 Å². The summed E-state index contributed by atoms with van der Waals surface area (Å²) in [5, 5.41) is 2.08. The van der Waals surface area contributed by atoms with Gasteiger partial charge in [-0.1, -0.05) is 41.9 Å². The number of fused-ring (bicyclic) bond motifs is 3. The second kappa shape index (κ2) is 10.9. The number of methoxy groups -OCH3 is 1. The van der Waals surface area contributed by atoms with E-state index in [-0.39, 0.29) is 11.9 Å². The Labute approximate surface area is 200 Å². The van der Waals surface area contributed by atoms with Crippen LogP contribution in [0.4, 0.5) is 0 Å². The van der Waals surface area contributed by atoms with E-state index in [2.05, 4.69) is 39.6 Å². The smallest absolute Gasteiger partial charge is 0.305 e. The van der Waals surface area contributed by atoms with Crippen molar-refractivity contribution in [2.24, 2.45) is 0 Å². The van der Waals surface area contributed by atoms with Crippen LogP contribution in [0, 0.1) is 0 Å². The summed E-state index contributed by atoms with van der Waals surface area (Å²) in [6.45, 7) is 2.31. The summed E-state index contributed by atoms with van der Waals surface area (Å²) < 4.78 is 7.09. The fourth-order valence-corrected chi connectivity index (χ4v) is 5.01. The Morgan fingerprint density at radius 1 is 1.03 bits per heavy atom. The predicted octanol–water partition coefficient (Wildman–Crippen LogP) is 5.55. The Balaban J connectivity index is 1.44. The summed E-state index contributed by atoms with van der Waals surface area (Å²) in [4.78, 5) is 26.1. The third-order valence-corrected chi connectivity index (χ3v) is 6.74. The van der Waals surface area contributed by atoms with Crippen LogP contribution in [0.25, 0.3) is 10.9 Å². The van der Waals surface area contributed by atoms with Crippen LogP contribution in [0.5, 0.6) is 0 Å². The maximum absolute atomic E-state index is 12.9. The Hall–Kier alpha value is -2.79. The molecule has 4 rings (SSSR count). The molecule has 2 heterocycles. The number of ether oxygens (including phenoxy) is 1. The van der Waals surface area contributed by atoms with Crippen molar-refractivity contribution in [1.82, 2.24) is 9.47 Å². The zero-order chi connectivity index (χ0) is 23.2. The molecule has 1 aliphatic rings. The number of aromatic nitrogens is 1. The SMILES string of the molecule is COC(=O)CCCCC(=O)N1CCc2c(n(CCCc3cccc(Cl)c3)c3ccccc23)C1. The van der Waals surface area contributed by atoms with Crippen LogP contribution in [0.15, 0.2) is 48.5 Å². The highest BCUT2D eigenvalue weighted by Crippen LogP contribution is 2.31. The van der Waals surface area contributed by atoms with Crippen molar-refractivity contribution in [2.45, 2.75) is 58.0 Å². The highest BCUT2D eigenvalue weighted by atomic mass is 35.5. The minimum absolute atomic E-state index is 0.168. The second-order valence-corrected chi connectivity index (χ2v) is 9.11. The minimum atomic E-state index is -0.215. The number of benzene rings is 2. The van der Waals surface area contributed by atoms with Crippen LogP contribution in [-0.4, -0.2) is 35.0 Å². The lowest BCUT2D eigenvalue weighted by atomic mass is 10.0. The fourth-order valence-electron chi connectivity index (χ4n) is 4.80. The number of hydrogen-bond donors (Lipinski definition) is 0. The average molecular weight is 467 g/mol. The molecule has 174 valence electrons. The first-order chi connectivity index (χ1) is 16.1. The molecule has 0 spiro atoms. The largest absolute Gasteiger partial charge is 0.469 e. The Morgan fingerprint density at radius 3 is 2.67 bits per heavy atom. The molecule has 6 heteroatoms. The normalized spacial score (nSPS) is 13.2. The van der Waals surface area contributed by atoms with E-state index < -0.39 is 0 Å². The lowest BCUT2D eigenvalue weighted by molar-refractivity contribution is -0.141. The molecule has 33 heavy (non-hydrogen) atoms. The summed E-state index contributed by atoms with van der Waals surface area (Å²) in [7, 11) is 1.40. The third kappa shape index (κ3) is 5.59. The maximum Gasteiger partial charge on any atom is 0.305 e. The molecule has 1 aliphatic heterocycles. The lowest BCUT2D eigenvalue weighted by Gasteiger charge is -2.29. The monoisotopic (exact) mass is 466 g/mol. The summed E-state index contributed by atoms with van der Waals surface area (Å²) in [5.41, 5.74) is 5.14. The van der Waals surface area contributed by atoms with E-state index in [0.29, 0.717) is 32.2 Å². The molecule has 0 fully saturated rings. The molecule has 1 aromatic heterocycles. The number of unbranched alkanes of at least 4 members (excludes halogenated alkanes) is 1. The van der Waals surface area contributed by atoms with E-state index in [1.807, 2.05) is 23.1 Å². The van der Waals surface area contributed by atoms with Gasteiger partial charge in [-0.15, -0.1) is 0 Å². The summed E-state index contributed by atoms with van der Waals surface area (Å²) in [5.74, 6) is -0.0476. The van der Waals surface area contributed by atoms with Gasteiger partial charge in [0.15, 0.2) is 0 Å². The van der Waals surface area contributed by atoms with E-state index in [1.54, 1.807) is 0 Å². The Bertz CT molecular complexity index is 1140. The van der Waals surface area contributed by atoms with Crippen molar-refractivity contribution in [3.8, 4) is 0 Å². The van der Waals surface area contributed by atoms with Gasteiger partial charge in [-0.2, -0.15) is 0 Å². The second-order valence-electron chi connectivity index (χ2n) is 8.68. The maximum atomic E-state index is 12.9. The van der Waals surface area contributed by atoms with Crippen LogP contribution in [0.2, 0.25) is 5.02 Å². The number of carbonyl (C=O) groups excluding carboxylic acids is 2. The molecule has 0 unspecified atom stereocenters. The number of carbonyl (C=O) groups is 2. The first-order valence-corrected chi connectivity index (χ1v) is 12.1. The Morgan fingerprint density at radius 2 is 1.85 bits per heavy atom. The van der Waals surface area contributed by atoms with E-state index in [0.717, 1.165) is 37.4 Å². The number of nitrogens with zero attached hydrogens (tertiary/aromatic N) is 2. The van der Waals surface area contributed by atoms with E-state index in [9.17, 15) is 9.59 Å². The molecule has 0 radical (unpaired) electrons. The van der Waals surface area contributed by atoms with Gasteiger partial charge in [0.2, 0.25) is 5.91 Å². The number of rotatable bonds is 9. The number of aryl methyl sites for hydroxylation is 2. The van der Waals surface area contributed by atoms with E-state index in [1.165, 1.54) is 34.8 Å². The zero-order valence-corrected chi connectivity index (χ0v) is 19.9. The number of amides is 1. The van der Waals surface area contributed by atoms with Gasteiger partial charge in [-0.3, -0.25) is 9.59 Å². The zero-order valence-electron chi connectivity index (χ0n) is 19.2. The van der Waals surface area contributed by atoms with Crippen molar-refractivity contribution in [3.05, 3.63) is 70.4 Å². The first kappa shape index (κ1) is 23.4. The average Bonchev–Trinajstić information content (AvgIpc) is 3.14. The first-order valence-electron chi connectivity index (χ1n) is 11.7. The van der Waals surface area contributed by atoms with Crippen molar-refractivity contribution < 1.29 is 14.3 Å². The molecule has 2 aromatic carbocycles. The van der Waals surface area contributed by atoms with Gasteiger partial charge in [0.05, 0.1) is 13.7 Å². The van der Waals surface area contributed by atoms with Gasteiger partial charge >= 0.3 is 5.97 Å². The topological polar surface area (TPSA) is 51.5 Å². The number of para-hydroxylation sites is 1. The minimum Gasteiger partial charge on any atom is -0.469 e. The fraction of sp³-hybridized carbons (Fsp3) is 0.407. The number of esters is 1. The quantitative estimate of drug-likeness (QED) is 0.307. The molecule has 1 amide bonds. The van der Waals surface area contributed by atoms with Gasteiger partial charge in [0.1, 0.15) is 0 Å². The molecule has 3 aromatic rings. The van der Waals surface area contributed by atoms with E-state index in [4.69, 9.17) is 11.6 Å². The Kier molecular flexibility index (Phi) is 7.71. The molecule has 5 nitrogen and oxygen atoms in total. The van der Waals surface area contributed by atoms with Gasteiger partial charge in [0.25, 0.3) is 0 Å². The highest BCUT2D eigenvalue weighted by Gasteiger charge is 2.26. The standard InChI is InChI=1S/C27H31ClN2O3/c1-33-27(32)14-5-4-13-26(31)29-17-15-23-22-11-2-3-12-24(22)30(25(23)19-29)16-7-9-20-8-6-10-21(28)18-20/h2-3,6,8,10-12,18H,4-5,7,9,13-17,19H2,1H3. The van der Waals surface area contributed by atoms with Gasteiger partial charge in [-0.05, 0) is 61.4 Å². The van der Waals surface area contributed by atoms with Gasteiger partial charge in [-0.25, -0.2) is 0 Å². The van der Waals surface area contributed by atoms with Crippen LogP contribution in [0.1, 0.15) is 48.9 Å². The molecular weight excluding hydrogens is 436 g/mol. The van der Waals surface area contributed by atoms with Crippen LogP contribution >= 0.6 is 11.6 Å². The predicted molar refractivity (Wildman–Crippen MR) is 131 cm³/mol. The van der Waals surface area contributed by atoms with Crippen LogP contribution in [0.3, 0.4) is 0 Å². The molecule has 0 saturated carbocycles. The van der Waals surface area contributed by atoms with Gasteiger partial charge < -0.3 is 14.2 Å². The molecule has 0 saturated heterocycles. The molecule has 0 bridgehead atoms. The van der Waals surface area contributed by atoms with Gasteiger partial charge in [0, 0.05) is 47.6 Å². The number of halogens is 1. The number of hydrogen-bond acceptors (Lipinski definition) is 3. The van der Waals surface area contributed by atoms with E-state index >= 15 is 0 Å². The van der Waals surface area contributed by atoms with Crippen LogP contribution in [-0.2, 0) is 40.3 Å². The molecular formula is C27H31ClN2O3. The molecule has 0 N–H and O–H groups in total. The summed E-state index contributed by atoms with van der Waals surface area (Å²) in [6, 6.07) is 16.6. The van der Waals surface area contributed by atoms with Crippen molar-refractivity contribution in [3.63, 3.8) is 0 Å². The van der Waals surface area contributed by atoms with Crippen molar-refractivity contribution >= 4 is 34.4 Å². The van der Waals surface area contributed by atoms with Crippen molar-refractivity contribution in [2.75, 3.05) is 13.7 Å².